The average molecular weight is 419 g/mol. The minimum atomic E-state index is -0.562. The van der Waals surface area contributed by atoms with Gasteiger partial charge in [0, 0.05) is 22.5 Å². The van der Waals surface area contributed by atoms with Gasteiger partial charge in [0.2, 0.25) is 11.8 Å². The highest BCUT2D eigenvalue weighted by atomic mass is 35.5. The molecule has 4 nitrogen and oxygen atoms in total. The van der Waals surface area contributed by atoms with Gasteiger partial charge >= 0.3 is 0 Å². The van der Waals surface area contributed by atoms with Crippen molar-refractivity contribution in [2.45, 2.75) is 50.7 Å². The number of hydrogen-bond donors (Lipinski definition) is 1. The Morgan fingerprint density at radius 2 is 1.71 bits per heavy atom. The number of benzene rings is 2. The van der Waals surface area contributed by atoms with E-state index < -0.39 is 6.04 Å². The Bertz CT molecular complexity index is 768. The summed E-state index contributed by atoms with van der Waals surface area (Å²) in [6.45, 7) is 6.11. The van der Waals surface area contributed by atoms with Gasteiger partial charge in [-0.25, -0.2) is 0 Å². The zero-order chi connectivity index (χ0) is 20.5. The molecule has 0 saturated carbocycles. The summed E-state index contributed by atoms with van der Waals surface area (Å²) in [5.74, 6) is 0.0652. The summed E-state index contributed by atoms with van der Waals surface area (Å²) in [5, 5.41) is 3.62. The highest BCUT2D eigenvalue weighted by Crippen LogP contribution is 2.20. The molecule has 0 aliphatic rings. The molecule has 2 aromatic rings. The van der Waals surface area contributed by atoms with Gasteiger partial charge in [0.15, 0.2) is 0 Å². The van der Waals surface area contributed by atoms with Crippen molar-refractivity contribution in [3.63, 3.8) is 0 Å². The third kappa shape index (κ3) is 6.88. The van der Waals surface area contributed by atoms with Crippen LogP contribution in [0.25, 0.3) is 0 Å². The van der Waals surface area contributed by atoms with Crippen LogP contribution in [-0.4, -0.2) is 34.6 Å². The van der Waals surface area contributed by atoms with Crippen LogP contribution in [-0.2, 0) is 16.1 Å². The van der Waals surface area contributed by atoms with Gasteiger partial charge in [0.25, 0.3) is 0 Å². The summed E-state index contributed by atoms with van der Waals surface area (Å²) in [7, 11) is 0. The predicted molar refractivity (Wildman–Crippen MR) is 117 cm³/mol. The summed E-state index contributed by atoms with van der Waals surface area (Å²) in [6.07, 6.45) is 0.841. The van der Waals surface area contributed by atoms with E-state index in [1.165, 1.54) is 11.8 Å². The molecule has 2 atom stereocenters. The molecule has 150 valence electrons. The van der Waals surface area contributed by atoms with E-state index in [1.807, 2.05) is 56.3 Å². The lowest BCUT2D eigenvalue weighted by Crippen LogP contribution is -2.50. The fourth-order valence-electron chi connectivity index (χ4n) is 2.58. The first-order valence-corrected chi connectivity index (χ1v) is 10.8. The van der Waals surface area contributed by atoms with Crippen molar-refractivity contribution in [1.82, 2.24) is 10.2 Å². The Morgan fingerprint density at radius 1 is 1.07 bits per heavy atom. The highest BCUT2D eigenvalue weighted by Gasteiger charge is 2.26. The minimum Gasteiger partial charge on any atom is -0.352 e. The van der Waals surface area contributed by atoms with Gasteiger partial charge in [-0.05, 0) is 50.1 Å². The number of thioether (sulfide) groups is 1. The number of carbonyl (C=O) groups is 2. The molecule has 1 N–H and O–H groups in total. The van der Waals surface area contributed by atoms with E-state index >= 15 is 0 Å². The number of nitrogens with one attached hydrogen (secondary N) is 1. The third-order valence-corrected chi connectivity index (χ3v) is 5.79. The van der Waals surface area contributed by atoms with Crippen LogP contribution >= 0.6 is 23.4 Å². The fourth-order valence-corrected chi connectivity index (χ4v) is 3.51. The smallest absolute Gasteiger partial charge is 0.242 e. The van der Waals surface area contributed by atoms with Crippen molar-refractivity contribution in [2.24, 2.45) is 0 Å². The first-order valence-electron chi connectivity index (χ1n) is 9.42. The molecule has 2 unspecified atom stereocenters. The summed E-state index contributed by atoms with van der Waals surface area (Å²) >= 11 is 7.44. The number of nitrogens with zero attached hydrogens (tertiary/aromatic N) is 1. The second kappa shape index (κ2) is 11.1. The summed E-state index contributed by atoms with van der Waals surface area (Å²) in [6, 6.07) is 16.6. The summed E-state index contributed by atoms with van der Waals surface area (Å²) < 4.78 is 0. The Hall–Kier alpha value is -1.98. The lowest BCUT2D eigenvalue weighted by atomic mass is 10.1. The summed E-state index contributed by atoms with van der Waals surface area (Å²) in [5.41, 5.74) is 0.936. The van der Waals surface area contributed by atoms with Gasteiger partial charge in [-0.2, -0.15) is 0 Å². The number of rotatable bonds is 9. The van der Waals surface area contributed by atoms with Crippen LogP contribution in [0, 0.1) is 0 Å². The normalized spacial score (nSPS) is 12.9. The van der Waals surface area contributed by atoms with Gasteiger partial charge in [-0.1, -0.05) is 48.9 Å². The van der Waals surface area contributed by atoms with E-state index in [0.717, 1.165) is 16.9 Å². The monoisotopic (exact) mass is 418 g/mol. The molecule has 2 rings (SSSR count). The Labute approximate surface area is 176 Å². The van der Waals surface area contributed by atoms with Gasteiger partial charge in [0.05, 0.1) is 5.75 Å². The molecular formula is C22H27ClN2O2S. The quantitative estimate of drug-likeness (QED) is 0.597. The molecule has 0 radical (unpaired) electrons. The predicted octanol–water partition coefficient (Wildman–Crippen LogP) is 4.76. The van der Waals surface area contributed by atoms with E-state index in [9.17, 15) is 9.59 Å². The van der Waals surface area contributed by atoms with Gasteiger partial charge in [0.1, 0.15) is 6.04 Å². The lowest BCUT2D eigenvalue weighted by molar-refractivity contribution is -0.138. The van der Waals surface area contributed by atoms with Crippen LogP contribution in [0.5, 0.6) is 0 Å². The standard InChI is InChI=1S/C22H27ClN2O2S/c1-4-16(2)24-22(27)17(3)25(14-18-10-12-19(23)13-11-18)21(26)15-28-20-8-6-5-7-9-20/h5-13,16-17H,4,14-15H2,1-3H3,(H,24,27). The third-order valence-electron chi connectivity index (χ3n) is 4.54. The molecule has 2 amide bonds. The van der Waals surface area contributed by atoms with E-state index in [2.05, 4.69) is 5.32 Å². The van der Waals surface area contributed by atoms with Crippen LogP contribution in [0.1, 0.15) is 32.8 Å². The second-order valence-corrected chi connectivity index (χ2v) is 8.23. The van der Waals surface area contributed by atoms with Crippen LogP contribution in [0.2, 0.25) is 5.02 Å². The molecule has 0 fully saturated rings. The number of amides is 2. The molecular weight excluding hydrogens is 392 g/mol. The van der Waals surface area contributed by atoms with Crippen LogP contribution in [0.3, 0.4) is 0 Å². The maximum atomic E-state index is 13.0. The molecule has 28 heavy (non-hydrogen) atoms. The van der Waals surface area contributed by atoms with Gasteiger partial charge in [-0.3, -0.25) is 9.59 Å². The Morgan fingerprint density at radius 3 is 2.32 bits per heavy atom. The average Bonchev–Trinajstić information content (AvgIpc) is 2.71. The first kappa shape index (κ1) is 22.3. The molecule has 2 aromatic carbocycles. The van der Waals surface area contributed by atoms with Crippen LogP contribution in [0.15, 0.2) is 59.5 Å². The van der Waals surface area contributed by atoms with E-state index in [1.54, 1.807) is 24.0 Å². The largest absolute Gasteiger partial charge is 0.352 e. The number of carbonyl (C=O) groups excluding carboxylic acids is 2. The fraction of sp³-hybridized carbons (Fsp3) is 0.364. The van der Waals surface area contributed by atoms with Crippen molar-refractivity contribution in [1.29, 1.82) is 0 Å². The molecule has 0 heterocycles. The number of hydrogen-bond acceptors (Lipinski definition) is 3. The molecule has 0 aromatic heterocycles. The molecule has 0 spiro atoms. The first-order chi connectivity index (χ1) is 13.4. The Kier molecular flexibility index (Phi) is 8.87. The van der Waals surface area contributed by atoms with E-state index in [-0.39, 0.29) is 23.6 Å². The maximum absolute atomic E-state index is 13.0. The minimum absolute atomic E-state index is 0.0705. The van der Waals surface area contributed by atoms with E-state index in [0.29, 0.717) is 11.6 Å². The lowest BCUT2D eigenvalue weighted by Gasteiger charge is -2.29. The van der Waals surface area contributed by atoms with Gasteiger partial charge in [-0.15, -0.1) is 11.8 Å². The maximum Gasteiger partial charge on any atom is 0.242 e. The molecule has 6 heteroatoms. The number of halogens is 1. The van der Waals surface area contributed by atoms with Crippen molar-refractivity contribution < 1.29 is 9.59 Å². The highest BCUT2D eigenvalue weighted by molar-refractivity contribution is 8.00. The van der Waals surface area contributed by atoms with Crippen LogP contribution in [0.4, 0.5) is 0 Å². The van der Waals surface area contributed by atoms with Gasteiger partial charge < -0.3 is 10.2 Å². The molecule has 0 aliphatic carbocycles. The SMILES string of the molecule is CCC(C)NC(=O)C(C)N(Cc1ccc(Cl)cc1)C(=O)CSc1ccccc1. The van der Waals surface area contributed by atoms with Crippen molar-refractivity contribution in [3.05, 3.63) is 65.2 Å². The van der Waals surface area contributed by atoms with Crippen LogP contribution < -0.4 is 5.32 Å². The molecule has 0 saturated heterocycles. The Balaban J connectivity index is 2.12. The van der Waals surface area contributed by atoms with E-state index in [4.69, 9.17) is 11.6 Å². The second-order valence-electron chi connectivity index (χ2n) is 6.74. The zero-order valence-corrected chi connectivity index (χ0v) is 18.1. The zero-order valence-electron chi connectivity index (χ0n) is 16.5. The summed E-state index contributed by atoms with van der Waals surface area (Å²) in [4.78, 5) is 28.3. The molecule has 0 aliphatic heterocycles. The topological polar surface area (TPSA) is 49.4 Å². The van der Waals surface area contributed by atoms with Crippen molar-refractivity contribution >= 4 is 35.2 Å². The van der Waals surface area contributed by atoms with Crippen molar-refractivity contribution in [2.75, 3.05) is 5.75 Å². The molecule has 0 bridgehead atoms. The van der Waals surface area contributed by atoms with Crippen molar-refractivity contribution in [3.8, 4) is 0 Å².